The normalized spacial score (nSPS) is 12.8. The van der Waals surface area contributed by atoms with Gasteiger partial charge < -0.3 is 0 Å². The smallest absolute Gasteiger partial charge is 0.0589 e. The zero-order valence-electron chi connectivity index (χ0n) is 7.83. The Labute approximate surface area is 74.1 Å². The molecule has 0 bridgehead atoms. The average molecular weight is 164 g/mol. The molecule has 1 atom stereocenters. The van der Waals surface area contributed by atoms with E-state index in [0.717, 1.165) is 18.0 Å². The molecule has 0 N–H and O–H groups in total. The van der Waals surface area contributed by atoms with Crippen LogP contribution in [0.1, 0.15) is 32.4 Å². The molecule has 66 valence electrons. The van der Waals surface area contributed by atoms with Crippen LogP contribution in [0.3, 0.4) is 0 Å². The van der Waals surface area contributed by atoms with Crippen LogP contribution >= 0.6 is 0 Å². The third kappa shape index (κ3) is 2.99. The molecule has 0 fully saturated rings. The van der Waals surface area contributed by atoms with E-state index in [0.29, 0.717) is 0 Å². The third-order valence-corrected chi connectivity index (χ3v) is 1.96. The molecule has 1 unspecified atom stereocenters. The highest BCUT2D eigenvalue weighted by Crippen LogP contribution is 2.10. The van der Waals surface area contributed by atoms with Gasteiger partial charge in [-0.3, -0.25) is 9.97 Å². The lowest BCUT2D eigenvalue weighted by atomic mass is 10.0. The molecule has 1 rings (SSSR count). The van der Waals surface area contributed by atoms with E-state index < -0.39 is 0 Å². The summed E-state index contributed by atoms with van der Waals surface area (Å²) in [6.07, 6.45) is 8.91. The maximum absolute atomic E-state index is 4.24. The SMILES string of the molecule is CCCC(C)Cc1cnccn1. The van der Waals surface area contributed by atoms with E-state index in [1.54, 1.807) is 12.4 Å². The zero-order valence-corrected chi connectivity index (χ0v) is 7.83. The largest absolute Gasteiger partial charge is 0.261 e. The van der Waals surface area contributed by atoms with Crippen molar-refractivity contribution in [3.8, 4) is 0 Å². The molecule has 0 aliphatic heterocycles. The fourth-order valence-electron chi connectivity index (χ4n) is 1.39. The first kappa shape index (κ1) is 9.17. The monoisotopic (exact) mass is 164 g/mol. The minimum atomic E-state index is 0.728. The van der Waals surface area contributed by atoms with Crippen molar-refractivity contribution in [1.29, 1.82) is 0 Å². The topological polar surface area (TPSA) is 25.8 Å². The molecule has 1 aromatic rings. The van der Waals surface area contributed by atoms with Gasteiger partial charge in [-0.2, -0.15) is 0 Å². The highest BCUT2D eigenvalue weighted by atomic mass is 14.8. The molecule has 0 aliphatic rings. The van der Waals surface area contributed by atoms with Gasteiger partial charge in [0.25, 0.3) is 0 Å². The van der Waals surface area contributed by atoms with E-state index in [-0.39, 0.29) is 0 Å². The number of aromatic nitrogens is 2. The van der Waals surface area contributed by atoms with E-state index in [9.17, 15) is 0 Å². The van der Waals surface area contributed by atoms with Crippen LogP contribution in [0.5, 0.6) is 0 Å². The average Bonchev–Trinajstić information content (AvgIpc) is 2.06. The van der Waals surface area contributed by atoms with Crippen LogP contribution in [0.2, 0.25) is 0 Å². The van der Waals surface area contributed by atoms with Crippen molar-refractivity contribution in [2.45, 2.75) is 33.1 Å². The molecule has 0 aliphatic carbocycles. The van der Waals surface area contributed by atoms with E-state index in [1.807, 2.05) is 6.20 Å². The lowest BCUT2D eigenvalue weighted by molar-refractivity contribution is 0.515. The minimum absolute atomic E-state index is 0.728. The molecular weight excluding hydrogens is 148 g/mol. The van der Waals surface area contributed by atoms with Gasteiger partial charge >= 0.3 is 0 Å². The van der Waals surface area contributed by atoms with Crippen molar-refractivity contribution in [2.24, 2.45) is 5.92 Å². The Kier molecular flexibility index (Phi) is 3.71. The Morgan fingerprint density at radius 2 is 2.25 bits per heavy atom. The van der Waals surface area contributed by atoms with Crippen molar-refractivity contribution in [1.82, 2.24) is 9.97 Å². The summed E-state index contributed by atoms with van der Waals surface area (Å²) in [5.41, 5.74) is 1.11. The van der Waals surface area contributed by atoms with Crippen molar-refractivity contribution in [3.05, 3.63) is 24.3 Å². The predicted octanol–water partition coefficient (Wildman–Crippen LogP) is 2.46. The van der Waals surface area contributed by atoms with E-state index in [2.05, 4.69) is 23.8 Å². The summed E-state index contributed by atoms with van der Waals surface area (Å²) in [6.45, 7) is 4.48. The van der Waals surface area contributed by atoms with Gasteiger partial charge in [-0.15, -0.1) is 0 Å². The van der Waals surface area contributed by atoms with Crippen molar-refractivity contribution in [2.75, 3.05) is 0 Å². The summed E-state index contributed by atoms with van der Waals surface area (Å²) in [5.74, 6) is 0.728. The summed E-state index contributed by atoms with van der Waals surface area (Å²) in [5, 5.41) is 0. The minimum Gasteiger partial charge on any atom is -0.261 e. The molecule has 0 aromatic carbocycles. The van der Waals surface area contributed by atoms with E-state index >= 15 is 0 Å². The van der Waals surface area contributed by atoms with Crippen molar-refractivity contribution >= 4 is 0 Å². The van der Waals surface area contributed by atoms with Crippen LogP contribution in [0.25, 0.3) is 0 Å². The van der Waals surface area contributed by atoms with Crippen molar-refractivity contribution in [3.63, 3.8) is 0 Å². The second kappa shape index (κ2) is 4.86. The molecule has 0 saturated carbocycles. The standard InChI is InChI=1S/C10H16N2/c1-3-4-9(2)7-10-8-11-5-6-12-10/h5-6,8-9H,3-4,7H2,1-2H3. The number of nitrogens with zero attached hydrogens (tertiary/aromatic N) is 2. The molecule has 0 spiro atoms. The summed E-state index contributed by atoms with van der Waals surface area (Å²) in [6, 6.07) is 0. The molecular formula is C10H16N2. The van der Waals surface area contributed by atoms with Gasteiger partial charge in [0.05, 0.1) is 5.69 Å². The van der Waals surface area contributed by atoms with Gasteiger partial charge in [-0.05, 0) is 12.3 Å². The molecule has 2 heteroatoms. The molecule has 0 saturated heterocycles. The molecule has 0 radical (unpaired) electrons. The Morgan fingerprint density at radius 3 is 2.83 bits per heavy atom. The summed E-state index contributed by atoms with van der Waals surface area (Å²) < 4.78 is 0. The first-order valence-electron chi connectivity index (χ1n) is 4.57. The number of hydrogen-bond acceptors (Lipinski definition) is 2. The third-order valence-electron chi connectivity index (χ3n) is 1.96. The lowest BCUT2D eigenvalue weighted by Crippen LogP contribution is -2.01. The van der Waals surface area contributed by atoms with E-state index in [4.69, 9.17) is 0 Å². The number of hydrogen-bond donors (Lipinski definition) is 0. The van der Waals surface area contributed by atoms with Gasteiger partial charge in [0.2, 0.25) is 0 Å². The Morgan fingerprint density at radius 1 is 1.42 bits per heavy atom. The van der Waals surface area contributed by atoms with Crippen molar-refractivity contribution < 1.29 is 0 Å². The molecule has 2 nitrogen and oxygen atoms in total. The highest BCUT2D eigenvalue weighted by molar-refractivity contribution is 4.95. The molecule has 12 heavy (non-hydrogen) atoms. The summed E-state index contributed by atoms with van der Waals surface area (Å²) in [4.78, 5) is 8.27. The Bertz CT molecular complexity index is 208. The van der Waals surface area contributed by atoms with Crippen LogP contribution < -0.4 is 0 Å². The predicted molar refractivity (Wildman–Crippen MR) is 49.8 cm³/mol. The Balaban J connectivity index is 2.41. The van der Waals surface area contributed by atoms with Crippen LogP contribution in [0.4, 0.5) is 0 Å². The van der Waals surface area contributed by atoms with Gasteiger partial charge in [0.1, 0.15) is 0 Å². The van der Waals surface area contributed by atoms with E-state index in [1.165, 1.54) is 12.8 Å². The highest BCUT2D eigenvalue weighted by Gasteiger charge is 2.02. The van der Waals surface area contributed by atoms with Crippen LogP contribution in [0, 0.1) is 5.92 Å². The first-order valence-corrected chi connectivity index (χ1v) is 4.57. The fourth-order valence-corrected chi connectivity index (χ4v) is 1.39. The lowest BCUT2D eigenvalue weighted by Gasteiger charge is -2.07. The van der Waals surface area contributed by atoms with Gasteiger partial charge in [0.15, 0.2) is 0 Å². The summed E-state index contributed by atoms with van der Waals surface area (Å²) in [7, 11) is 0. The molecule has 1 aromatic heterocycles. The fraction of sp³-hybridized carbons (Fsp3) is 0.600. The summed E-state index contributed by atoms with van der Waals surface area (Å²) >= 11 is 0. The van der Waals surface area contributed by atoms with Gasteiger partial charge in [-0.25, -0.2) is 0 Å². The maximum atomic E-state index is 4.24. The number of rotatable bonds is 4. The second-order valence-electron chi connectivity index (χ2n) is 3.29. The van der Waals surface area contributed by atoms with Gasteiger partial charge in [0, 0.05) is 18.6 Å². The second-order valence-corrected chi connectivity index (χ2v) is 3.29. The Hall–Kier alpha value is -0.920. The van der Waals surface area contributed by atoms with Crippen LogP contribution in [-0.2, 0) is 6.42 Å². The molecule has 0 amide bonds. The first-order chi connectivity index (χ1) is 5.83. The zero-order chi connectivity index (χ0) is 8.81. The quantitative estimate of drug-likeness (QED) is 0.683. The van der Waals surface area contributed by atoms with Crippen LogP contribution in [-0.4, -0.2) is 9.97 Å². The molecule has 1 heterocycles. The van der Waals surface area contributed by atoms with Gasteiger partial charge in [-0.1, -0.05) is 26.7 Å². The van der Waals surface area contributed by atoms with Crippen LogP contribution in [0.15, 0.2) is 18.6 Å². The maximum Gasteiger partial charge on any atom is 0.0589 e.